The molecule has 0 spiro atoms. The van der Waals surface area contributed by atoms with Crippen LogP contribution in [0.4, 0.5) is 0 Å². The highest BCUT2D eigenvalue weighted by molar-refractivity contribution is 9.09. The number of hydrogen-bond donors (Lipinski definition) is 0. The van der Waals surface area contributed by atoms with Gasteiger partial charge in [-0.05, 0) is 49.4 Å². The van der Waals surface area contributed by atoms with Gasteiger partial charge in [0.1, 0.15) is 0 Å². The molecule has 1 aromatic carbocycles. The minimum atomic E-state index is 0.134. The third-order valence-corrected chi connectivity index (χ3v) is 4.88. The second-order valence-corrected chi connectivity index (χ2v) is 7.15. The molecule has 4 heteroatoms. The van der Waals surface area contributed by atoms with Crippen LogP contribution >= 0.6 is 27.5 Å². The molecule has 2 nitrogen and oxygen atoms in total. The number of carbonyl (C=O) groups is 1. The second-order valence-electron chi connectivity index (χ2n) is 5.27. The van der Waals surface area contributed by atoms with Crippen LogP contribution in [0.3, 0.4) is 0 Å². The SMILES string of the molecule is Cc1cc(Cl)ccc1C(=O)N1CCC(C(C)Br)CC1. The van der Waals surface area contributed by atoms with E-state index in [2.05, 4.69) is 22.9 Å². The van der Waals surface area contributed by atoms with E-state index in [0.717, 1.165) is 37.1 Å². The molecule has 0 radical (unpaired) electrons. The van der Waals surface area contributed by atoms with E-state index in [0.29, 0.717) is 15.8 Å². The van der Waals surface area contributed by atoms with Crippen molar-refractivity contribution >= 4 is 33.4 Å². The van der Waals surface area contributed by atoms with Crippen LogP contribution < -0.4 is 0 Å². The Bertz CT molecular complexity index is 467. The highest BCUT2D eigenvalue weighted by atomic mass is 79.9. The lowest BCUT2D eigenvalue weighted by Crippen LogP contribution is -2.40. The monoisotopic (exact) mass is 343 g/mol. The van der Waals surface area contributed by atoms with Crippen LogP contribution in [-0.2, 0) is 0 Å². The number of carbonyl (C=O) groups excluding carboxylic acids is 1. The largest absolute Gasteiger partial charge is 0.339 e. The highest BCUT2D eigenvalue weighted by Crippen LogP contribution is 2.26. The van der Waals surface area contributed by atoms with Gasteiger partial charge in [-0.2, -0.15) is 0 Å². The molecule has 104 valence electrons. The molecule has 0 aliphatic carbocycles. The molecule has 1 heterocycles. The fourth-order valence-electron chi connectivity index (χ4n) is 2.60. The van der Waals surface area contributed by atoms with Crippen molar-refractivity contribution in [3.05, 3.63) is 34.3 Å². The van der Waals surface area contributed by atoms with Crippen LogP contribution in [0, 0.1) is 12.8 Å². The Labute approximate surface area is 128 Å². The normalized spacial score (nSPS) is 18.4. The first-order valence-corrected chi connectivity index (χ1v) is 7.98. The van der Waals surface area contributed by atoms with E-state index in [1.165, 1.54) is 0 Å². The summed E-state index contributed by atoms with van der Waals surface area (Å²) in [6.07, 6.45) is 2.15. The van der Waals surface area contributed by atoms with Crippen molar-refractivity contribution < 1.29 is 4.79 Å². The minimum Gasteiger partial charge on any atom is -0.339 e. The summed E-state index contributed by atoms with van der Waals surface area (Å²) >= 11 is 9.57. The third-order valence-electron chi connectivity index (χ3n) is 3.90. The fraction of sp³-hybridized carbons (Fsp3) is 0.533. The summed E-state index contributed by atoms with van der Waals surface area (Å²) in [6.45, 7) is 5.82. The predicted octanol–water partition coefficient (Wildman–Crippen LogP) is 4.28. The smallest absolute Gasteiger partial charge is 0.254 e. The lowest BCUT2D eigenvalue weighted by molar-refractivity contribution is 0.0691. The summed E-state index contributed by atoms with van der Waals surface area (Å²) in [4.78, 5) is 15.0. The van der Waals surface area contributed by atoms with Gasteiger partial charge in [-0.15, -0.1) is 0 Å². The maximum Gasteiger partial charge on any atom is 0.254 e. The highest BCUT2D eigenvalue weighted by Gasteiger charge is 2.26. The van der Waals surface area contributed by atoms with Crippen molar-refractivity contribution in [1.82, 2.24) is 4.90 Å². The number of nitrogens with zero attached hydrogens (tertiary/aromatic N) is 1. The van der Waals surface area contributed by atoms with Crippen LogP contribution in [0.2, 0.25) is 5.02 Å². The second kappa shape index (κ2) is 6.27. The predicted molar refractivity (Wildman–Crippen MR) is 83.2 cm³/mol. The Morgan fingerprint density at radius 2 is 2.05 bits per heavy atom. The van der Waals surface area contributed by atoms with Gasteiger partial charge in [0.15, 0.2) is 0 Å². The van der Waals surface area contributed by atoms with Crippen molar-refractivity contribution in [3.8, 4) is 0 Å². The van der Waals surface area contributed by atoms with Gasteiger partial charge >= 0.3 is 0 Å². The molecule has 2 rings (SSSR count). The summed E-state index contributed by atoms with van der Waals surface area (Å²) in [5.74, 6) is 0.810. The zero-order chi connectivity index (χ0) is 14.0. The molecule has 0 N–H and O–H groups in total. The Morgan fingerprint density at radius 3 is 2.58 bits per heavy atom. The van der Waals surface area contributed by atoms with Gasteiger partial charge in [-0.25, -0.2) is 0 Å². The third kappa shape index (κ3) is 3.51. The van der Waals surface area contributed by atoms with Crippen molar-refractivity contribution in [3.63, 3.8) is 0 Å². The van der Waals surface area contributed by atoms with Gasteiger partial charge in [0, 0.05) is 28.5 Å². The molecular formula is C15H19BrClNO. The van der Waals surface area contributed by atoms with Crippen LogP contribution in [-0.4, -0.2) is 28.7 Å². The van der Waals surface area contributed by atoms with Crippen molar-refractivity contribution in [2.24, 2.45) is 5.92 Å². The molecule has 1 atom stereocenters. The number of halogens is 2. The van der Waals surface area contributed by atoms with E-state index in [4.69, 9.17) is 11.6 Å². The number of likely N-dealkylation sites (tertiary alicyclic amines) is 1. The Morgan fingerprint density at radius 1 is 1.42 bits per heavy atom. The molecule has 1 aromatic rings. The molecule has 1 unspecified atom stereocenters. The maximum atomic E-state index is 12.5. The van der Waals surface area contributed by atoms with E-state index >= 15 is 0 Å². The molecule has 19 heavy (non-hydrogen) atoms. The topological polar surface area (TPSA) is 20.3 Å². The first-order valence-electron chi connectivity index (χ1n) is 6.68. The Hall–Kier alpha value is -0.540. The number of aryl methyl sites for hydroxylation is 1. The minimum absolute atomic E-state index is 0.134. The van der Waals surface area contributed by atoms with Gasteiger partial charge in [0.05, 0.1) is 0 Å². The van der Waals surface area contributed by atoms with Gasteiger partial charge in [0.25, 0.3) is 5.91 Å². The summed E-state index contributed by atoms with van der Waals surface area (Å²) in [6, 6.07) is 5.47. The lowest BCUT2D eigenvalue weighted by atomic mass is 9.93. The lowest BCUT2D eigenvalue weighted by Gasteiger charge is -2.33. The number of amides is 1. The molecular weight excluding hydrogens is 326 g/mol. The van der Waals surface area contributed by atoms with Crippen molar-refractivity contribution in [1.29, 1.82) is 0 Å². The summed E-state index contributed by atoms with van der Waals surface area (Å²) in [5, 5.41) is 0.681. The number of alkyl halides is 1. The summed E-state index contributed by atoms with van der Waals surface area (Å²) in [7, 11) is 0. The van der Waals surface area contributed by atoms with Crippen molar-refractivity contribution in [2.75, 3.05) is 13.1 Å². The molecule has 1 aliphatic rings. The Kier molecular flexibility index (Phi) is 4.91. The van der Waals surface area contributed by atoms with Crippen LogP contribution in [0.15, 0.2) is 18.2 Å². The number of benzene rings is 1. The van der Waals surface area contributed by atoms with E-state index in [-0.39, 0.29) is 5.91 Å². The van der Waals surface area contributed by atoms with Gasteiger partial charge in [0.2, 0.25) is 0 Å². The fourth-order valence-corrected chi connectivity index (χ4v) is 3.35. The standard InChI is InChI=1S/C15H19BrClNO/c1-10-9-13(17)3-4-14(10)15(19)18-7-5-12(6-8-18)11(2)16/h3-4,9,11-12H,5-8H2,1-2H3. The molecule has 0 bridgehead atoms. The van der Waals surface area contributed by atoms with Gasteiger partial charge in [-0.1, -0.05) is 34.5 Å². The van der Waals surface area contributed by atoms with Crippen LogP contribution in [0.1, 0.15) is 35.7 Å². The van der Waals surface area contributed by atoms with Crippen molar-refractivity contribution in [2.45, 2.75) is 31.5 Å². The first kappa shape index (κ1) is 14.9. The van der Waals surface area contributed by atoms with Crippen LogP contribution in [0.25, 0.3) is 0 Å². The molecule has 1 fully saturated rings. The van der Waals surface area contributed by atoms with E-state index in [1.54, 1.807) is 6.07 Å². The number of piperidine rings is 1. The van der Waals surface area contributed by atoms with E-state index in [1.807, 2.05) is 24.0 Å². The first-order chi connectivity index (χ1) is 8.99. The van der Waals surface area contributed by atoms with Gasteiger partial charge in [-0.3, -0.25) is 4.79 Å². The summed E-state index contributed by atoms with van der Waals surface area (Å²) < 4.78 is 0. The van der Waals surface area contributed by atoms with E-state index in [9.17, 15) is 4.79 Å². The van der Waals surface area contributed by atoms with Crippen LogP contribution in [0.5, 0.6) is 0 Å². The van der Waals surface area contributed by atoms with Gasteiger partial charge < -0.3 is 4.90 Å². The molecule has 0 saturated carbocycles. The maximum absolute atomic E-state index is 12.5. The zero-order valence-corrected chi connectivity index (χ0v) is 13.7. The number of hydrogen-bond acceptors (Lipinski definition) is 1. The average Bonchev–Trinajstić information content (AvgIpc) is 2.38. The zero-order valence-electron chi connectivity index (χ0n) is 11.3. The van der Waals surface area contributed by atoms with E-state index < -0.39 is 0 Å². The number of rotatable bonds is 2. The average molecular weight is 345 g/mol. The molecule has 1 saturated heterocycles. The quantitative estimate of drug-likeness (QED) is 0.733. The summed E-state index contributed by atoms with van der Waals surface area (Å²) in [5.41, 5.74) is 1.73. The molecule has 0 aromatic heterocycles. The molecule has 1 amide bonds. The molecule has 1 aliphatic heterocycles. The Balaban J connectivity index is 2.05.